The summed E-state index contributed by atoms with van der Waals surface area (Å²) >= 11 is 0. The van der Waals surface area contributed by atoms with Crippen LogP contribution in [0.1, 0.15) is 386 Å². The number of amides is 1. The maximum atomic E-state index is 12.5. The predicted octanol–water partition coefficient (Wildman–Crippen LogP) is 23.3. The molecule has 0 rings (SSSR count). The summed E-state index contributed by atoms with van der Waals surface area (Å²) < 4.78 is 5.51. The molecule has 470 valence electrons. The van der Waals surface area contributed by atoms with E-state index in [1.807, 2.05) is 6.08 Å². The molecular weight excluding hydrogens is 983 g/mol. The molecular formula is C74H139NO5. The minimum atomic E-state index is -0.846. The molecule has 0 aromatic rings. The Morgan fingerprint density at radius 3 is 0.988 bits per heavy atom. The Morgan fingerprint density at radius 2 is 0.625 bits per heavy atom. The van der Waals surface area contributed by atoms with Crippen molar-refractivity contribution >= 4 is 11.9 Å². The molecule has 80 heavy (non-hydrogen) atoms. The van der Waals surface area contributed by atoms with Crippen molar-refractivity contribution in [3.05, 3.63) is 48.6 Å². The number of rotatable bonds is 67. The molecule has 1 amide bonds. The smallest absolute Gasteiger partial charge is 0.305 e. The van der Waals surface area contributed by atoms with Crippen LogP contribution in [0.5, 0.6) is 0 Å². The summed E-state index contributed by atoms with van der Waals surface area (Å²) in [5.41, 5.74) is 0. The number of hydrogen-bond donors (Lipinski definition) is 3. The second-order valence-corrected chi connectivity index (χ2v) is 24.6. The molecule has 0 aliphatic rings. The van der Waals surface area contributed by atoms with Crippen LogP contribution < -0.4 is 5.32 Å². The first-order valence-electron chi connectivity index (χ1n) is 35.9. The minimum Gasteiger partial charge on any atom is -0.466 e. The van der Waals surface area contributed by atoms with E-state index in [0.29, 0.717) is 19.4 Å². The van der Waals surface area contributed by atoms with Crippen molar-refractivity contribution in [3.8, 4) is 0 Å². The molecule has 0 aliphatic heterocycles. The molecule has 0 fully saturated rings. The highest BCUT2D eigenvalue weighted by molar-refractivity contribution is 5.76. The van der Waals surface area contributed by atoms with Crippen LogP contribution in [0, 0.1) is 0 Å². The Bertz CT molecular complexity index is 1340. The fourth-order valence-corrected chi connectivity index (χ4v) is 11.1. The summed E-state index contributed by atoms with van der Waals surface area (Å²) in [4.78, 5) is 24.6. The van der Waals surface area contributed by atoms with Gasteiger partial charge in [0.25, 0.3) is 0 Å². The molecule has 6 nitrogen and oxygen atoms in total. The first kappa shape index (κ1) is 77.8. The maximum absolute atomic E-state index is 12.5. The second-order valence-electron chi connectivity index (χ2n) is 24.6. The van der Waals surface area contributed by atoms with E-state index in [4.69, 9.17) is 4.74 Å². The van der Waals surface area contributed by atoms with Crippen molar-refractivity contribution in [2.75, 3.05) is 13.2 Å². The topological polar surface area (TPSA) is 95.9 Å². The molecule has 0 radical (unpaired) electrons. The van der Waals surface area contributed by atoms with Gasteiger partial charge in [-0.2, -0.15) is 0 Å². The summed E-state index contributed by atoms with van der Waals surface area (Å²) in [5.74, 6) is -0.0553. The zero-order chi connectivity index (χ0) is 57.8. The monoisotopic (exact) mass is 1120 g/mol. The van der Waals surface area contributed by atoms with Gasteiger partial charge < -0.3 is 20.3 Å². The predicted molar refractivity (Wildman–Crippen MR) is 352 cm³/mol. The summed E-state index contributed by atoms with van der Waals surface area (Å²) in [5, 5.41) is 23.2. The summed E-state index contributed by atoms with van der Waals surface area (Å²) in [6.45, 7) is 4.91. The minimum absolute atomic E-state index is 0.0112. The van der Waals surface area contributed by atoms with Crippen LogP contribution in [0.2, 0.25) is 0 Å². The molecule has 6 heteroatoms. The van der Waals surface area contributed by atoms with Crippen LogP contribution >= 0.6 is 0 Å². The van der Waals surface area contributed by atoms with E-state index in [1.165, 1.54) is 308 Å². The molecule has 0 saturated carbocycles. The van der Waals surface area contributed by atoms with Crippen molar-refractivity contribution in [3.63, 3.8) is 0 Å². The average Bonchev–Trinajstić information content (AvgIpc) is 3.46. The van der Waals surface area contributed by atoms with Crippen LogP contribution in [-0.2, 0) is 14.3 Å². The molecule has 0 aromatic carbocycles. The molecule has 0 spiro atoms. The SMILES string of the molecule is CCCCC/C=C\C/C=C\CCCCCCCCCCCC(=O)OCCCCCCCCCCCCCC/C=C\CCCCCCCCCCCCCC(=O)NC(CO)C(O)/C=C/CCCCCCCCCCCCCCCCC. The van der Waals surface area contributed by atoms with E-state index in [0.717, 1.165) is 51.4 Å². The van der Waals surface area contributed by atoms with Gasteiger partial charge in [0, 0.05) is 12.8 Å². The number of aliphatic hydroxyl groups excluding tert-OH is 2. The van der Waals surface area contributed by atoms with Crippen molar-refractivity contribution in [1.29, 1.82) is 0 Å². The molecule has 2 unspecified atom stereocenters. The quantitative estimate of drug-likeness (QED) is 0.0320. The van der Waals surface area contributed by atoms with Gasteiger partial charge in [-0.25, -0.2) is 0 Å². The van der Waals surface area contributed by atoms with E-state index < -0.39 is 12.1 Å². The highest BCUT2D eigenvalue weighted by Crippen LogP contribution is 2.18. The van der Waals surface area contributed by atoms with Crippen LogP contribution in [0.4, 0.5) is 0 Å². The van der Waals surface area contributed by atoms with Crippen molar-refractivity contribution in [1.82, 2.24) is 5.32 Å². The van der Waals surface area contributed by atoms with E-state index in [9.17, 15) is 19.8 Å². The van der Waals surface area contributed by atoms with Gasteiger partial charge in [-0.15, -0.1) is 0 Å². The van der Waals surface area contributed by atoms with Gasteiger partial charge in [0.1, 0.15) is 0 Å². The number of hydrogen-bond acceptors (Lipinski definition) is 5. The standard InChI is InChI=1S/C74H139NO5/c1-3-5-7-9-11-13-15-17-19-21-31-36-40-44-48-52-56-60-64-68-74(79)80-69-65-61-57-53-49-45-41-37-33-30-28-26-24-22-23-25-27-29-32-35-39-43-47-51-55-59-63-67-73(78)75-71(70-76)72(77)66-62-58-54-50-46-42-38-34-20-18-16-14-12-10-8-6-4-2/h11,13,17,19,22-23,62,66,71-72,76-77H,3-10,12,14-16,18,20-21,24-61,63-65,67-70H2,1-2H3,(H,75,78)/b13-11-,19-17-,23-22-,66-62+. The van der Waals surface area contributed by atoms with Gasteiger partial charge in [0.05, 0.1) is 25.4 Å². The maximum Gasteiger partial charge on any atom is 0.305 e. The largest absolute Gasteiger partial charge is 0.466 e. The van der Waals surface area contributed by atoms with Crippen LogP contribution in [0.25, 0.3) is 0 Å². The average molecular weight is 1120 g/mol. The molecule has 0 heterocycles. The first-order valence-corrected chi connectivity index (χ1v) is 35.9. The van der Waals surface area contributed by atoms with E-state index >= 15 is 0 Å². The number of ether oxygens (including phenoxy) is 1. The Labute approximate surface area is 499 Å². The number of allylic oxidation sites excluding steroid dienone is 7. The third-order valence-electron chi connectivity index (χ3n) is 16.6. The lowest BCUT2D eigenvalue weighted by molar-refractivity contribution is -0.143. The lowest BCUT2D eigenvalue weighted by atomic mass is 10.0. The Balaban J connectivity index is 3.39. The van der Waals surface area contributed by atoms with Crippen molar-refractivity contribution in [2.45, 2.75) is 398 Å². The zero-order valence-electron chi connectivity index (χ0n) is 53.8. The van der Waals surface area contributed by atoms with Crippen LogP contribution in [0.3, 0.4) is 0 Å². The molecule has 3 N–H and O–H groups in total. The van der Waals surface area contributed by atoms with E-state index in [2.05, 4.69) is 55.6 Å². The van der Waals surface area contributed by atoms with E-state index in [1.54, 1.807) is 6.08 Å². The molecule has 0 aromatic heterocycles. The van der Waals surface area contributed by atoms with E-state index in [-0.39, 0.29) is 18.5 Å². The van der Waals surface area contributed by atoms with Crippen LogP contribution in [0.15, 0.2) is 48.6 Å². The molecule has 0 bridgehead atoms. The highest BCUT2D eigenvalue weighted by atomic mass is 16.5. The number of nitrogens with one attached hydrogen (secondary N) is 1. The van der Waals surface area contributed by atoms with Gasteiger partial charge in [0.15, 0.2) is 0 Å². The fraction of sp³-hybridized carbons (Fsp3) is 0.865. The first-order chi connectivity index (χ1) is 39.5. The lowest BCUT2D eigenvalue weighted by Crippen LogP contribution is -2.45. The molecule has 0 saturated heterocycles. The Morgan fingerprint density at radius 1 is 0.350 bits per heavy atom. The van der Waals surface area contributed by atoms with Crippen molar-refractivity contribution in [2.24, 2.45) is 0 Å². The highest BCUT2D eigenvalue weighted by Gasteiger charge is 2.18. The summed E-state index contributed by atoms with van der Waals surface area (Å²) in [6, 6.07) is -0.629. The zero-order valence-corrected chi connectivity index (χ0v) is 53.8. The molecule has 2 atom stereocenters. The third kappa shape index (κ3) is 65.0. The fourth-order valence-electron chi connectivity index (χ4n) is 11.1. The summed E-state index contributed by atoms with van der Waals surface area (Å²) in [7, 11) is 0. The number of aliphatic hydroxyl groups is 2. The Hall–Kier alpha value is -2.18. The third-order valence-corrected chi connectivity index (χ3v) is 16.6. The van der Waals surface area contributed by atoms with Gasteiger partial charge in [0.2, 0.25) is 5.91 Å². The van der Waals surface area contributed by atoms with Crippen molar-refractivity contribution < 1.29 is 24.5 Å². The van der Waals surface area contributed by atoms with Gasteiger partial charge in [-0.05, 0) is 89.9 Å². The van der Waals surface area contributed by atoms with Gasteiger partial charge in [-0.1, -0.05) is 332 Å². The summed E-state index contributed by atoms with van der Waals surface area (Å²) in [6.07, 6.45) is 90.5. The lowest BCUT2D eigenvalue weighted by Gasteiger charge is -2.20. The number of carbonyl (C=O) groups is 2. The number of carbonyl (C=O) groups excluding carboxylic acids is 2. The van der Waals surface area contributed by atoms with Crippen LogP contribution in [-0.4, -0.2) is 47.4 Å². The second kappa shape index (κ2) is 69.3. The number of esters is 1. The number of unbranched alkanes of at least 4 members (excludes halogenated alkanes) is 50. The van der Waals surface area contributed by atoms with Gasteiger partial charge in [-0.3, -0.25) is 9.59 Å². The molecule has 0 aliphatic carbocycles. The normalized spacial score (nSPS) is 12.8. The van der Waals surface area contributed by atoms with Gasteiger partial charge >= 0.3 is 5.97 Å². The Kier molecular flexibility index (Phi) is 67.4.